The Balaban J connectivity index is 1.45. The zero-order chi connectivity index (χ0) is 24.9. The summed E-state index contributed by atoms with van der Waals surface area (Å²) in [5, 5.41) is 3.51. The summed E-state index contributed by atoms with van der Waals surface area (Å²) in [6.07, 6.45) is 8.81. The maximum absolute atomic E-state index is 13.5. The van der Waals surface area contributed by atoms with Crippen molar-refractivity contribution in [3.63, 3.8) is 0 Å². The van der Waals surface area contributed by atoms with Crippen molar-refractivity contribution in [3.8, 4) is 5.75 Å². The van der Waals surface area contributed by atoms with Crippen molar-refractivity contribution in [2.45, 2.75) is 42.2 Å². The molecule has 1 N–H and O–H groups in total. The number of amides is 2. The van der Waals surface area contributed by atoms with Crippen LogP contribution in [0, 0.1) is 12.8 Å². The first-order valence-electron chi connectivity index (χ1n) is 11.9. The second-order valence-electron chi connectivity index (χ2n) is 8.75. The molecule has 1 aromatic carbocycles. The van der Waals surface area contributed by atoms with Crippen LogP contribution in [0.1, 0.15) is 42.1 Å². The van der Waals surface area contributed by atoms with Gasteiger partial charge in [0.2, 0.25) is 5.91 Å². The van der Waals surface area contributed by atoms with Crippen molar-refractivity contribution in [1.29, 1.82) is 0 Å². The molecule has 1 aliphatic carbocycles. The Morgan fingerprint density at radius 2 is 1.97 bits per heavy atom. The van der Waals surface area contributed by atoms with Gasteiger partial charge in [0.15, 0.2) is 5.13 Å². The van der Waals surface area contributed by atoms with Crippen LogP contribution in [0.4, 0.5) is 5.13 Å². The first kappa shape index (κ1) is 25.3. The number of hydrogen-bond acceptors (Lipinski definition) is 7. The first-order valence-corrected chi connectivity index (χ1v) is 13.6. The number of aryl methyl sites for hydroxylation is 1. The van der Waals surface area contributed by atoms with E-state index in [1.54, 1.807) is 25.1 Å². The fourth-order valence-electron chi connectivity index (χ4n) is 3.86. The van der Waals surface area contributed by atoms with Gasteiger partial charge in [-0.15, -0.1) is 0 Å². The van der Waals surface area contributed by atoms with E-state index >= 15 is 0 Å². The number of nitrogens with zero attached hydrogens (tertiary/aromatic N) is 3. The zero-order valence-electron chi connectivity index (χ0n) is 20.5. The van der Waals surface area contributed by atoms with Crippen LogP contribution >= 0.6 is 23.1 Å². The smallest absolute Gasteiger partial charge is 0.257 e. The summed E-state index contributed by atoms with van der Waals surface area (Å²) in [6.45, 7) is 11.0. The summed E-state index contributed by atoms with van der Waals surface area (Å²) < 4.78 is 6.53. The van der Waals surface area contributed by atoms with Gasteiger partial charge in [-0.05, 0) is 50.0 Å². The molecule has 1 saturated carbocycles. The molecule has 0 unspecified atom stereocenters. The zero-order valence-corrected chi connectivity index (χ0v) is 22.1. The molecule has 0 spiro atoms. The molecule has 2 fully saturated rings. The molecule has 1 saturated heterocycles. The molecule has 7 nitrogen and oxygen atoms in total. The van der Waals surface area contributed by atoms with E-state index in [0.717, 1.165) is 52.7 Å². The third kappa shape index (κ3) is 6.27. The minimum Gasteiger partial charge on any atom is -0.496 e. The SMILES string of the molecule is C=C(/C=C/CC)N1CCN(C(=O)c2cc(Sc3cnc(NC(=O)C4CC4)s3)c(C)cc2OC)CC1. The monoisotopic (exact) mass is 512 g/mol. The number of hydrogen-bond donors (Lipinski definition) is 1. The molecule has 35 heavy (non-hydrogen) atoms. The maximum Gasteiger partial charge on any atom is 0.257 e. The van der Waals surface area contributed by atoms with Gasteiger partial charge < -0.3 is 19.9 Å². The Morgan fingerprint density at radius 1 is 1.26 bits per heavy atom. The van der Waals surface area contributed by atoms with Gasteiger partial charge in [-0.3, -0.25) is 9.59 Å². The van der Waals surface area contributed by atoms with Crippen LogP contribution in [0.15, 0.2) is 51.9 Å². The number of aromatic nitrogens is 1. The first-order chi connectivity index (χ1) is 16.9. The highest BCUT2D eigenvalue weighted by Gasteiger charge is 2.30. The lowest BCUT2D eigenvalue weighted by Crippen LogP contribution is -2.48. The topological polar surface area (TPSA) is 74.8 Å². The van der Waals surface area contributed by atoms with Gasteiger partial charge in [0, 0.05) is 42.7 Å². The predicted molar refractivity (Wildman–Crippen MR) is 141 cm³/mol. The number of methoxy groups -OCH3 is 1. The fourth-order valence-corrected chi connectivity index (χ4v) is 5.80. The molecular weight excluding hydrogens is 480 g/mol. The van der Waals surface area contributed by atoms with Crippen LogP contribution in [-0.2, 0) is 4.79 Å². The number of benzene rings is 1. The van der Waals surface area contributed by atoms with Gasteiger partial charge in [-0.1, -0.05) is 42.7 Å². The van der Waals surface area contributed by atoms with Gasteiger partial charge in [0.25, 0.3) is 5.91 Å². The molecule has 2 aromatic rings. The van der Waals surface area contributed by atoms with Gasteiger partial charge in [-0.25, -0.2) is 4.98 Å². The predicted octanol–water partition coefficient (Wildman–Crippen LogP) is 5.20. The average molecular weight is 513 g/mol. The molecule has 2 aliphatic rings. The quantitative estimate of drug-likeness (QED) is 0.466. The third-order valence-electron chi connectivity index (χ3n) is 6.12. The number of rotatable bonds is 9. The molecule has 9 heteroatoms. The van der Waals surface area contributed by atoms with E-state index in [1.165, 1.54) is 11.3 Å². The lowest BCUT2D eigenvalue weighted by molar-refractivity contribution is -0.117. The molecule has 2 amide bonds. The Kier molecular flexibility index (Phi) is 8.18. The van der Waals surface area contributed by atoms with Crippen LogP contribution in [0.5, 0.6) is 5.75 Å². The van der Waals surface area contributed by atoms with Crippen molar-refractivity contribution in [2.75, 3.05) is 38.6 Å². The van der Waals surface area contributed by atoms with Crippen LogP contribution in [-0.4, -0.2) is 59.9 Å². The van der Waals surface area contributed by atoms with Crippen LogP contribution < -0.4 is 10.1 Å². The standard InChI is InChI=1S/C26H32N4O3S2/c1-5-6-7-18(3)29-10-12-30(13-11-29)25(32)20-15-22(17(2)14-21(20)33-4)34-23-16-27-26(35-23)28-24(31)19-8-9-19/h6-7,14-16,19H,3,5,8-13H2,1-2,4H3,(H,27,28,31)/b7-6+. The highest BCUT2D eigenvalue weighted by atomic mass is 32.2. The van der Waals surface area contributed by atoms with E-state index in [0.29, 0.717) is 29.5 Å². The molecule has 4 rings (SSSR count). The summed E-state index contributed by atoms with van der Waals surface area (Å²) in [7, 11) is 1.60. The number of carbonyl (C=O) groups excluding carboxylic acids is 2. The lowest BCUT2D eigenvalue weighted by Gasteiger charge is -2.36. The Labute approximate surface area is 215 Å². The van der Waals surface area contributed by atoms with Gasteiger partial charge in [0.1, 0.15) is 5.75 Å². The minimum absolute atomic E-state index is 0.0280. The number of piperazine rings is 1. The molecule has 186 valence electrons. The van der Waals surface area contributed by atoms with Crippen molar-refractivity contribution in [3.05, 3.63) is 53.9 Å². The molecule has 1 aliphatic heterocycles. The Hall–Kier alpha value is -2.78. The van der Waals surface area contributed by atoms with Crippen LogP contribution in [0.3, 0.4) is 0 Å². The average Bonchev–Trinajstić information content (AvgIpc) is 3.64. The van der Waals surface area contributed by atoms with Crippen molar-refractivity contribution >= 4 is 40.0 Å². The summed E-state index contributed by atoms with van der Waals surface area (Å²) in [6, 6.07) is 3.83. The van der Waals surface area contributed by atoms with E-state index in [1.807, 2.05) is 30.0 Å². The van der Waals surface area contributed by atoms with Gasteiger partial charge in [0.05, 0.1) is 23.1 Å². The van der Waals surface area contributed by atoms with E-state index in [9.17, 15) is 9.59 Å². The van der Waals surface area contributed by atoms with E-state index in [2.05, 4.69) is 34.8 Å². The summed E-state index contributed by atoms with van der Waals surface area (Å²) in [4.78, 5) is 34.9. The number of ether oxygens (including phenoxy) is 1. The molecule has 2 heterocycles. The second kappa shape index (κ2) is 11.3. The minimum atomic E-state index is -0.0280. The van der Waals surface area contributed by atoms with Crippen LogP contribution in [0.25, 0.3) is 0 Å². The normalized spacial score (nSPS) is 16.0. The number of allylic oxidation sites excluding steroid dienone is 2. The third-order valence-corrected chi connectivity index (χ3v) is 8.29. The summed E-state index contributed by atoms with van der Waals surface area (Å²) >= 11 is 2.99. The molecule has 0 radical (unpaired) electrons. The Bertz CT molecular complexity index is 1130. The number of anilines is 1. The van der Waals surface area contributed by atoms with Gasteiger partial charge >= 0.3 is 0 Å². The highest BCUT2D eigenvalue weighted by molar-refractivity contribution is 8.01. The van der Waals surface area contributed by atoms with E-state index < -0.39 is 0 Å². The highest BCUT2D eigenvalue weighted by Crippen LogP contribution is 2.39. The Morgan fingerprint density at radius 3 is 2.63 bits per heavy atom. The summed E-state index contributed by atoms with van der Waals surface area (Å²) in [5.41, 5.74) is 2.57. The molecule has 0 bridgehead atoms. The van der Waals surface area contributed by atoms with Crippen molar-refractivity contribution in [1.82, 2.24) is 14.8 Å². The van der Waals surface area contributed by atoms with Gasteiger partial charge in [-0.2, -0.15) is 0 Å². The maximum atomic E-state index is 13.5. The second-order valence-corrected chi connectivity index (χ2v) is 11.1. The lowest BCUT2D eigenvalue weighted by atomic mass is 10.1. The molecular formula is C26H32N4O3S2. The molecule has 1 aromatic heterocycles. The number of thiazole rings is 1. The van der Waals surface area contributed by atoms with Crippen LogP contribution in [0.2, 0.25) is 0 Å². The van der Waals surface area contributed by atoms with Crippen molar-refractivity contribution < 1.29 is 14.3 Å². The molecule has 0 atom stereocenters. The number of carbonyl (C=O) groups is 2. The van der Waals surface area contributed by atoms with E-state index in [4.69, 9.17) is 4.74 Å². The largest absolute Gasteiger partial charge is 0.496 e. The van der Waals surface area contributed by atoms with Crippen molar-refractivity contribution in [2.24, 2.45) is 5.92 Å². The fraction of sp³-hybridized carbons (Fsp3) is 0.423. The van der Waals surface area contributed by atoms with E-state index in [-0.39, 0.29) is 17.7 Å². The summed E-state index contributed by atoms with van der Waals surface area (Å²) in [5.74, 6) is 0.741. The number of nitrogens with one attached hydrogen (secondary N) is 1.